The van der Waals surface area contributed by atoms with Crippen LogP contribution in [-0.2, 0) is 15.1 Å². The number of likely N-dealkylation sites (N-methyl/N-ethyl adjacent to an activating group) is 1. The first-order chi connectivity index (χ1) is 14.3. The van der Waals surface area contributed by atoms with Gasteiger partial charge in [-0.3, -0.25) is 14.5 Å². The number of nitrogens with one attached hydrogen (secondary N) is 1. The molecular weight excluding hydrogens is 386 g/mol. The molecule has 1 heterocycles. The van der Waals surface area contributed by atoms with Gasteiger partial charge >= 0.3 is 6.03 Å². The fourth-order valence-electron chi connectivity index (χ4n) is 4.01. The van der Waals surface area contributed by atoms with Gasteiger partial charge in [-0.15, -0.1) is 0 Å². The molecule has 1 saturated heterocycles. The number of benzene rings is 1. The van der Waals surface area contributed by atoms with Gasteiger partial charge in [-0.2, -0.15) is 0 Å². The third-order valence-corrected chi connectivity index (χ3v) is 5.76. The van der Waals surface area contributed by atoms with E-state index in [1.165, 1.54) is 14.2 Å². The van der Waals surface area contributed by atoms with Crippen molar-refractivity contribution in [1.29, 1.82) is 0 Å². The molecule has 1 N–H and O–H groups in total. The molecule has 0 bridgehead atoms. The SMILES string of the molecule is CCN(C(=O)CN1C(=O)NC(C)(c2ccc(OC)c(OC)c2)C1=O)C1=CCCCC1. The van der Waals surface area contributed by atoms with Gasteiger partial charge in [-0.05, 0) is 57.2 Å². The minimum Gasteiger partial charge on any atom is -0.493 e. The van der Waals surface area contributed by atoms with Crippen molar-refractivity contribution < 1.29 is 23.9 Å². The molecule has 8 heteroatoms. The highest BCUT2D eigenvalue weighted by molar-refractivity contribution is 6.09. The van der Waals surface area contributed by atoms with Crippen LogP contribution in [0.2, 0.25) is 0 Å². The number of imide groups is 1. The van der Waals surface area contributed by atoms with Crippen molar-refractivity contribution in [1.82, 2.24) is 15.1 Å². The Morgan fingerprint density at radius 3 is 2.53 bits per heavy atom. The first-order valence-electron chi connectivity index (χ1n) is 10.2. The van der Waals surface area contributed by atoms with E-state index >= 15 is 0 Å². The number of hydrogen-bond acceptors (Lipinski definition) is 5. The van der Waals surface area contributed by atoms with Gasteiger partial charge in [0.25, 0.3) is 5.91 Å². The lowest BCUT2D eigenvalue weighted by Gasteiger charge is -2.28. The molecule has 0 spiro atoms. The third-order valence-electron chi connectivity index (χ3n) is 5.76. The normalized spacial score (nSPS) is 21.2. The van der Waals surface area contributed by atoms with E-state index in [-0.39, 0.29) is 12.5 Å². The summed E-state index contributed by atoms with van der Waals surface area (Å²) in [5.74, 6) is 0.245. The molecule has 0 saturated carbocycles. The number of methoxy groups -OCH3 is 2. The van der Waals surface area contributed by atoms with E-state index in [9.17, 15) is 14.4 Å². The lowest BCUT2D eigenvalue weighted by Crippen LogP contribution is -2.44. The topological polar surface area (TPSA) is 88.2 Å². The highest BCUT2D eigenvalue weighted by Gasteiger charge is 2.50. The molecule has 1 aromatic carbocycles. The van der Waals surface area contributed by atoms with Crippen molar-refractivity contribution in [2.45, 2.75) is 45.1 Å². The van der Waals surface area contributed by atoms with Crippen molar-refractivity contribution in [3.05, 3.63) is 35.5 Å². The molecule has 1 atom stereocenters. The van der Waals surface area contributed by atoms with Crippen LogP contribution in [-0.4, -0.2) is 55.0 Å². The molecule has 1 unspecified atom stereocenters. The lowest BCUT2D eigenvalue weighted by atomic mass is 9.91. The zero-order valence-electron chi connectivity index (χ0n) is 18.0. The second kappa shape index (κ2) is 8.77. The molecule has 0 aromatic heterocycles. The fourth-order valence-corrected chi connectivity index (χ4v) is 4.01. The van der Waals surface area contributed by atoms with E-state index in [1.807, 2.05) is 6.92 Å². The molecule has 1 aromatic rings. The first-order valence-corrected chi connectivity index (χ1v) is 10.2. The summed E-state index contributed by atoms with van der Waals surface area (Å²) in [6.45, 7) is 3.73. The maximum Gasteiger partial charge on any atom is 0.325 e. The Labute approximate surface area is 176 Å². The summed E-state index contributed by atoms with van der Waals surface area (Å²) in [6, 6.07) is 4.46. The van der Waals surface area contributed by atoms with E-state index in [0.717, 1.165) is 36.3 Å². The van der Waals surface area contributed by atoms with Gasteiger partial charge in [-0.1, -0.05) is 12.1 Å². The Kier molecular flexibility index (Phi) is 6.34. The molecule has 0 radical (unpaired) electrons. The molecule has 1 aliphatic carbocycles. The molecule has 8 nitrogen and oxygen atoms in total. The van der Waals surface area contributed by atoms with Gasteiger partial charge in [0.1, 0.15) is 12.1 Å². The Morgan fingerprint density at radius 2 is 1.93 bits per heavy atom. The summed E-state index contributed by atoms with van der Waals surface area (Å²) >= 11 is 0. The van der Waals surface area contributed by atoms with Crippen LogP contribution in [0.5, 0.6) is 11.5 Å². The highest BCUT2D eigenvalue weighted by atomic mass is 16.5. The lowest BCUT2D eigenvalue weighted by molar-refractivity contribution is -0.138. The van der Waals surface area contributed by atoms with Crippen molar-refractivity contribution >= 4 is 17.8 Å². The van der Waals surface area contributed by atoms with E-state index < -0.39 is 17.5 Å². The highest BCUT2D eigenvalue weighted by Crippen LogP contribution is 2.35. The largest absolute Gasteiger partial charge is 0.493 e. The predicted octanol–water partition coefficient (Wildman–Crippen LogP) is 2.78. The molecule has 162 valence electrons. The van der Waals surface area contributed by atoms with Crippen molar-refractivity contribution in [3.8, 4) is 11.5 Å². The zero-order chi connectivity index (χ0) is 21.9. The van der Waals surface area contributed by atoms with Crippen LogP contribution >= 0.6 is 0 Å². The molecule has 2 aliphatic rings. The van der Waals surface area contributed by atoms with Crippen molar-refractivity contribution in [2.24, 2.45) is 0 Å². The molecule has 4 amide bonds. The van der Waals surface area contributed by atoms with E-state index in [2.05, 4.69) is 11.4 Å². The summed E-state index contributed by atoms with van der Waals surface area (Å²) in [5.41, 5.74) is 0.233. The van der Waals surface area contributed by atoms with Gasteiger partial charge in [0.15, 0.2) is 11.5 Å². The van der Waals surface area contributed by atoms with Crippen LogP contribution in [0.3, 0.4) is 0 Å². The van der Waals surface area contributed by atoms with Crippen LogP contribution in [0.4, 0.5) is 4.79 Å². The van der Waals surface area contributed by atoms with E-state index in [1.54, 1.807) is 30.0 Å². The third kappa shape index (κ3) is 3.86. The maximum atomic E-state index is 13.2. The number of hydrogen-bond donors (Lipinski definition) is 1. The number of amides is 4. The molecular formula is C22H29N3O5. The van der Waals surface area contributed by atoms with Gasteiger partial charge < -0.3 is 19.7 Å². The molecule has 1 aliphatic heterocycles. The van der Waals surface area contributed by atoms with Gasteiger partial charge in [-0.25, -0.2) is 4.79 Å². The van der Waals surface area contributed by atoms with Crippen LogP contribution in [0.15, 0.2) is 30.0 Å². The van der Waals surface area contributed by atoms with Crippen LogP contribution in [0, 0.1) is 0 Å². The number of carbonyl (C=O) groups excluding carboxylic acids is 3. The number of carbonyl (C=O) groups is 3. The Morgan fingerprint density at radius 1 is 1.20 bits per heavy atom. The summed E-state index contributed by atoms with van der Waals surface area (Å²) in [7, 11) is 3.03. The number of rotatable bonds is 7. The average Bonchev–Trinajstić information content (AvgIpc) is 2.98. The Hall–Kier alpha value is -3.03. The molecule has 1 fully saturated rings. The number of urea groups is 1. The Balaban J connectivity index is 1.82. The summed E-state index contributed by atoms with van der Waals surface area (Å²) in [4.78, 5) is 41.4. The molecule has 3 rings (SSSR count). The summed E-state index contributed by atoms with van der Waals surface area (Å²) in [5, 5.41) is 2.73. The molecule has 30 heavy (non-hydrogen) atoms. The van der Waals surface area contributed by atoms with E-state index in [4.69, 9.17) is 9.47 Å². The minimum absolute atomic E-state index is 0.259. The average molecular weight is 415 g/mol. The van der Waals surface area contributed by atoms with Gasteiger partial charge in [0.05, 0.1) is 14.2 Å². The van der Waals surface area contributed by atoms with E-state index in [0.29, 0.717) is 23.6 Å². The first kappa shape index (κ1) is 21.7. The second-order valence-corrected chi connectivity index (χ2v) is 7.60. The maximum absolute atomic E-state index is 13.2. The standard InChI is InChI=1S/C22H29N3O5/c1-5-24(16-9-7-6-8-10-16)19(26)14-25-20(27)22(2,23-21(25)28)15-11-12-17(29-3)18(13-15)30-4/h9,11-13H,5-8,10,14H2,1-4H3,(H,23,28). The Bertz CT molecular complexity index is 882. The fraction of sp³-hybridized carbons (Fsp3) is 0.500. The smallest absolute Gasteiger partial charge is 0.325 e. The summed E-state index contributed by atoms with van der Waals surface area (Å²) < 4.78 is 10.6. The van der Waals surface area contributed by atoms with Crippen molar-refractivity contribution in [2.75, 3.05) is 27.3 Å². The van der Waals surface area contributed by atoms with Crippen LogP contribution < -0.4 is 14.8 Å². The summed E-state index contributed by atoms with van der Waals surface area (Å²) in [6.07, 6.45) is 6.01. The zero-order valence-corrected chi connectivity index (χ0v) is 18.0. The van der Waals surface area contributed by atoms with Gasteiger partial charge in [0, 0.05) is 12.2 Å². The van der Waals surface area contributed by atoms with Crippen LogP contribution in [0.1, 0.15) is 45.1 Å². The van der Waals surface area contributed by atoms with Crippen molar-refractivity contribution in [3.63, 3.8) is 0 Å². The number of nitrogens with zero attached hydrogens (tertiary/aromatic N) is 2. The number of allylic oxidation sites excluding steroid dienone is 2. The minimum atomic E-state index is -1.29. The second-order valence-electron chi connectivity index (χ2n) is 7.60. The predicted molar refractivity (Wildman–Crippen MR) is 111 cm³/mol. The monoisotopic (exact) mass is 415 g/mol. The quantitative estimate of drug-likeness (QED) is 0.692. The van der Waals surface area contributed by atoms with Crippen LogP contribution in [0.25, 0.3) is 0 Å². The van der Waals surface area contributed by atoms with Gasteiger partial charge in [0.2, 0.25) is 5.91 Å². The number of ether oxygens (including phenoxy) is 2.